The number of carbonyl (C=O) groups excluding carboxylic acids is 1. The minimum absolute atomic E-state index is 0.262. The van der Waals surface area contributed by atoms with Crippen LogP contribution in [0.3, 0.4) is 0 Å². The zero-order valence-electron chi connectivity index (χ0n) is 10.2. The molecule has 0 radical (unpaired) electrons. The minimum Gasteiger partial charge on any atom is -0.544 e. The van der Waals surface area contributed by atoms with Crippen molar-refractivity contribution in [3.63, 3.8) is 0 Å². The van der Waals surface area contributed by atoms with Crippen LogP contribution in [0.15, 0.2) is 24.3 Å². The second kappa shape index (κ2) is 5.16. The molecule has 0 spiro atoms. The van der Waals surface area contributed by atoms with E-state index < -0.39 is 8.32 Å². The highest BCUT2D eigenvalue weighted by Crippen LogP contribution is 2.17. The number of ether oxygens (including phenoxy) is 1. The summed E-state index contributed by atoms with van der Waals surface area (Å²) in [5.74, 6) is 0.619. The molecule has 0 aliphatic heterocycles. The molecule has 0 saturated heterocycles. The molecule has 0 heterocycles. The molecular weight excluding hydrogens is 220 g/mol. The van der Waals surface area contributed by atoms with Crippen molar-refractivity contribution < 1.29 is 14.0 Å². The first-order valence-corrected chi connectivity index (χ1v) is 8.69. The lowest BCUT2D eigenvalue weighted by molar-refractivity contribution is -0.142. The maximum absolute atomic E-state index is 10.6. The Hall–Kier alpha value is -1.29. The first-order chi connectivity index (χ1) is 7.37. The SMILES string of the molecule is CC(=O)OCc1ccc(O[Si](C)(C)C)cc1. The summed E-state index contributed by atoms with van der Waals surface area (Å²) >= 11 is 0. The van der Waals surface area contributed by atoms with Crippen LogP contribution in [0.1, 0.15) is 12.5 Å². The average molecular weight is 238 g/mol. The van der Waals surface area contributed by atoms with Gasteiger partial charge in [0.25, 0.3) is 0 Å². The van der Waals surface area contributed by atoms with Crippen molar-refractivity contribution in [2.75, 3.05) is 0 Å². The molecule has 0 amide bonds. The Morgan fingerprint density at radius 2 is 1.75 bits per heavy atom. The smallest absolute Gasteiger partial charge is 0.302 e. The van der Waals surface area contributed by atoms with Crippen molar-refractivity contribution in [3.8, 4) is 5.75 Å². The Balaban J connectivity index is 2.57. The van der Waals surface area contributed by atoms with Gasteiger partial charge in [-0.1, -0.05) is 12.1 Å². The van der Waals surface area contributed by atoms with Gasteiger partial charge in [-0.3, -0.25) is 4.79 Å². The van der Waals surface area contributed by atoms with Gasteiger partial charge in [-0.2, -0.15) is 0 Å². The minimum atomic E-state index is -1.54. The first-order valence-electron chi connectivity index (χ1n) is 5.28. The summed E-state index contributed by atoms with van der Waals surface area (Å²) in [5, 5.41) is 0. The fraction of sp³-hybridized carbons (Fsp3) is 0.417. The molecule has 1 aromatic carbocycles. The first kappa shape index (κ1) is 12.8. The number of esters is 1. The van der Waals surface area contributed by atoms with Crippen LogP contribution in [0.5, 0.6) is 5.75 Å². The van der Waals surface area contributed by atoms with Crippen molar-refractivity contribution in [2.45, 2.75) is 33.2 Å². The molecule has 0 bridgehead atoms. The van der Waals surface area contributed by atoms with Crippen LogP contribution in [-0.4, -0.2) is 14.3 Å². The third kappa shape index (κ3) is 4.98. The predicted octanol–water partition coefficient (Wildman–Crippen LogP) is 2.96. The van der Waals surface area contributed by atoms with E-state index in [4.69, 9.17) is 9.16 Å². The quantitative estimate of drug-likeness (QED) is 0.597. The molecule has 0 aromatic heterocycles. The normalized spacial score (nSPS) is 11.0. The van der Waals surface area contributed by atoms with E-state index in [1.54, 1.807) is 0 Å². The van der Waals surface area contributed by atoms with Gasteiger partial charge >= 0.3 is 5.97 Å². The highest BCUT2D eigenvalue weighted by molar-refractivity contribution is 6.70. The van der Waals surface area contributed by atoms with Crippen molar-refractivity contribution in [1.29, 1.82) is 0 Å². The van der Waals surface area contributed by atoms with Crippen molar-refractivity contribution in [3.05, 3.63) is 29.8 Å². The molecule has 0 fully saturated rings. The van der Waals surface area contributed by atoms with Crippen LogP contribution >= 0.6 is 0 Å². The van der Waals surface area contributed by atoms with E-state index in [1.807, 2.05) is 24.3 Å². The van der Waals surface area contributed by atoms with Crippen molar-refractivity contribution in [2.24, 2.45) is 0 Å². The van der Waals surface area contributed by atoms with E-state index in [0.717, 1.165) is 11.3 Å². The zero-order valence-corrected chi connectivity index (χ0v) is 11.2. The maximum Gasteiger partial charge on any atom is 0.302 e. The molecule has 0 atom stereocenters. The average Bonchev–Trinajstić information content (AvgIpc) is 2.14. The van der Waals surface area contributed by atoms with Gasteiger partial charge in [-0.05, 0) is 37.3 Å². The van der Waals surface area contributed by atoms with E-state index in [-0.39, 0.29) is 5.97 Å². The van der Waals surface area contributed by atoms with E-state index in [0.29, 0.717) is 6.61 Å². The van der Waals surface area contributed by atoms with Crippen LogP contribution in [-0.2, 0) is 16.1 Å². The van der Waals surface area contributed by atoms with Crippen LogP contribution in [0.25, 0.3) is 0 Å². The molecule has 3 nitrogen and oxygen atoms in total. The third-order valence-corrected chi connectivity index (χ3v) is 2.64. The van der Waals surface area contributed by atoms with Gasteiger partial charge in [0.1, 0.15) is 12.4 Å². The lowest BCUT2D eigenvalue weighted by Gasteiger charge is -2.19. The largest absolute Gasteiger partial charge is 0.544 e. The summed E-state index contributed by atoms with van der Waals surface area (Å²) in [6.07, 6.45) is 0. The third-order valence-electron chi connectivity index (χ3n) is 1.79. The molecule has 0 aliphatic rings. The van der Waals surface area contributed by atoms with Gasteiger partial charge in [0.2, 0.25) is 8.32 Å². The molecule has 1 rings (SSSR count). The molecule has 0 aliphatic carbocycles. The number of rotatable bonds is 4. The summed E-state index contributed by atoms with van der Waals surface area (Å²) < 4.78 is 10.7. The summed E-state index contributed by atoms with van der Waals surface area (Å²) in [6, 6.07) is 7.66. The Labute approximate surface area is 97.5 Å². The van der Waals surface area contributed by atoms with E-state index in [2.05, 4.69) is 19.6 Å². The molecule has 0 N–H and O–H groups in total. The molecule has 4 heteroatoms. The standard InChI is InChI=1S/C12H18O3Si/c1-10(13)14-9-11-5-7-12(8-6-11)15-16(2,3)4/h5-8H,9H2,1-4H3. The van der Waals surface area contributed by atoms with Gasteiger partial charge in [0.05, 0.1) is 0 Å². The lowest BCUT2D eigenvalue weighted by Crippen LogP contribution is -2.29. The maximum atomic E-state index is 10.6. The predicted molar refractivity (Wildman–Crippen MR) is 65.9 cm³/mol. The lowest BCUT2D eigenvalue weighted by atomic mass is 10.2. The molecule has 0 unspecified atom stereocenters. The van der Waals surface area contributed by atoms with Crippen LogP contribution in [0.2, 0.25) is 19.6 Å². The monoisotopic (exact) mass is 238 g/mol. The number of hydrogen-bond acceptors (Lipinski definition) is 3. The molecular formula is C12H18O3Si. The fourth-order valence-electron chi connectivity index (χ4n) is 1.19. The fourth-order valence-corrected chi connectivity index (χ4v) is 2.04. The highest BCUT2D eigenvalue weighted by Gasteiger charge is 2.15. The van der Waals surface area contributed by atoms with Crippen LogP contribution in [0.4, 0.5) is 0 Å². The van der Waals surface area contributed by atoms with Gasteiger partial charge in [-0.15, -0.1) is 0 Å². The Bertz CT molecular complexity index is 352. The molecule has 0 saturated carbocycles. The Morgan fingerprint density at radius 3 is 2.19 bits per heavy atom. The molecule has 16 heavy (non-hydrogen) atoms. The number of hydrogen-bond donors (Lipinski definition) is 0. The van der Waals surface area contributed by atoms with E-state index in [9.17, 15) is 4.79 Å². The summed E-state index contributed by atoms with van der Waals surface area (Å²) in [6.45, 7) is 8.14. The second-order valence-corrected chi connectivity index (χ2v) is 9.07. The number of carbonyl (C=O) groups is 1. The molecule has 1 aromatic rings. The van der Waals surface area contributed by atoms with Gasteiger partial charge in [-0.25, -0.2) is 0 Å². The van der Waals surface area contributed by atoms with E-state index in [1.165, 1.54) is 6.92 Å². The Morgan fingerprint density at radius 1 is 1.19 bits per heavy atom. The van der Waals surface area contributed by atoms with Gasteiger partial charge in [0, 0.05) is 6.92 Å². The summed E-state index contributed by atoms with van der Waals surface area (Å²) in [4.78, 5) is 10.6. The number of benzene rings is 1. The zero-order chi connectivity index (χ0) is 12.2. The van der Waals surface area contributed by atoms with Gasteiger partial charge in [0.15, 0.2) is 0 Å². The van der Waals surface area contributed by atoms with Crippen LogP contribution in [0, 0.1) is 0 Å². The van der Waals surface area contributed by atoms with Crippen LogP contribution < -0.4 is 4.43 Å². The van der Waals surface area contributed by atoms with E-state index >= 15 is 0 Å². The summed E-state index contributed by atoms with van der Waals surface area (Å²) in [5.41, 5.74) is 0.970. The molecule has 88 valence electrons. The Kier molecular flexibility index (Phi) is 4.12. The van der Waals surface area contributed by atoms with Crippen molar-refractivity contribution >= 4 is 14.3 Å². The highest BCUT2D eigenvalue weighted by atomic mass is 28.4. The van der Waals surface area contributed by atoms with Gasteiger partial charge < -0.3 is 9.16 Å². The topological polar surface area (TPSA) is 35.5 Å². The second-order valence-electron chi connectivity index (χ2n) is 4.64. The summed E-state index contributed by atoms with van der Waals surface area (Å²) in [7, 11) is -1.54. The van der Waals surface area contributed by atoms with Crippen molar-refractivity contribution in [1.82, 2.24) is 0 Å².